The molecule has 0 bridgehead atoms. The predicted molar refractivity (Wildman–Crippen MR) is 78.9 cm³/mol. The summed E-state index contributed by atoms with van der Waals surface area (Å²) in [7, 11) is 2.07. The zero-order chi connectivity index (χ0) is 14.2. The van der Waals surface area contributed by atoms with Gasteiger partial charge in [-0.25, -0.2) is 0 Å². The van der Waals surface area contributed by atoms with E-state index in [1.807, 2.05) is 0 Å². The number of aromatic nitrogens is 2. The van der Waals surface area contributed by atoms with Crippen LogP contribution in [0.3, 0.4) is 0 Å². The van der Waals surface area contributed by atoms with Gasteiger partial charge in [-0.1, -0.05) is 0 Å². The third-order valence-corrected chi connectivity index (χ3v) is 5.07. The van der Waals surface area contributed by atoms with Crippen LogP contribution in [-0.2, 0) is 36.1 Å². The SMILES string of the molecule is Cn1nc(COCC2CC2)c2c1CN(C1CCOC1)CC2. The second kappa shape index (κ2) is 5.71. The Labute approximate surface area is 126 Å². The van der Waals surface area contributed by atoms with Gasteiger partial charge in [-0.15, -0.1) is 0 Å². The van der Waals surface area contributed by atoms with Crippen LogP contribution in [0.4, 0.5) is 0 Å². The maximum Gasteiger partial charge on any atom is 0.0917 e. The lowest BCUT2D eigenvalue weighted by atomic mass is 10.0. The molecule has 1 saturated carbocycles. The number of hydrogen-bond acceptors (Lipinski definition) is 4. The smallest absolute Gasteiger partial charge is 0.0917 e. The Hall–Kier alpha value is -0.910. The maximum absolute atomic E-state index is 5.84. The van der Waals surface area contributed by atoms with Gasteiger partial charge in [0.1, 0.15) is 0 Å². The molecule has 1 unspecified atom stereocenters. The Morgan fingerprint density at radius 3 is 3.00 bits per heavy atom. The molecule has 3 heterocycles. The van der Waals surface area contributed by atoms with Crippen LogP contribution in [0.5, 0.6) is 0 Å². The summed E-state index contributed by atoms with van der Waals surface area (Å²) in [5, 5.41) is 4.70. The first-order valence-corrected chi connectivity index (χ1v) is 8.24. The van der Waals surface area contributed by atoms with Crippen molar-refractivity contribution in [3.05, 3.63) is 17.0 Å². The summed E-state index contributed by atoms with van der Waals surface area (Å²) in [6.45, 7) is 5.55. The average molecular weight is 291 g/mol. The van der Waals surface area contributed by atoms with E-state index in [2.05, 4.69) is 16.6 Å². The van der Waals surface area contributed by atoms with Crippen LogP contribution in [0.2, 0.25) is 0 Å². The van der Waals surface area contributed by atoms with E-state index in [9.17, 15) is 0 Å². The van der Waals surface area contributed by atoms with Crippen molar-refractivity contribution in [1.29, 1.82) is 0 Å². The third kappa shape index (κ3) is 2.87. The summed E-state index contributed by atoms with van der Waals surface area (Å²) in [4.78, 5) is 2.56. The molecular formula is C16H25N3O2. The number of rotatable bonds is 5. The molecule has 0 spiro atoms. The zero-order valence-electron chi connectivity index (χ0n) is 12.9. The van der Waals surface area contributed by atoms with Crippen molar-refractivity contribution in [2.24, 2.45) is 13.0 Å². The first kappa shape index (κ1) is 13.7. The van der Waals surface area contributed by atoms with Crippen molar-refractivity contribution >= 4 is 0 Å². The summed E-state index contributed by atoms with van der Waals surface area (Å²) >= 11 is 0. The van der Waals surface area contributed by atoms with Crippen LogP contribution in [0.15, 0.2) is 0 Å². The minimum absolute atomic E-state index is 0.600. The second-order valence-corrected chi connectivity index (χ2v) is 6.69. The van der Waals surface area contributed by atoms with Crippen molar-refractivity contribution in [2.75, 3.05) is 26.4 Å². The quantitative estimate of drug-likeness (QED) is 0.824. The molecule has 2 aliphatic heterocycles. The highest BCUT2D eigenvalue weighted by molar-refractivity contribution is 5.28. The predicted octanol–water partition coefficient (Wildman–Crippen LogP) is 1.49. The van der Waals surface area contributed by atoms with Crippen LogP contribution in [0.1, 0.15) is 36.2 Å². The largest absolute Gasteiger partial charge is 0.380 e. The van der Waals surface area contributed by atoms with Gasteiger partial charge in [0.05, 0.1) is 24.6 Å². The van der Waals surface area contributed by atoms with E-state index < -0.39 is 0 Å². The fraction of sp³-hybridized carbons (Fsp3) is 0.812. The number of aryl methyl sites for hydroxylation is 1. The lowest BCUT2D eigenvalue weighted by Gasteiger charge is -2.31. The lowest BCUT2D eigenvalue weighted by molar-refractivity contribution is 0.107. The van der Waals surface area contributed by atoms with Gasteiger partial charge >= 0.3 is 0 Å². The topological polar surface area (TPSA) is 39.5 Å². The third-order valence-electron chi connectivity index (χ3n) is 5.07. The molecule has 3 aliphatic rings. The molecule has 0 radical (unpaired) electrons. The molecule has 1 aliphatic carbocycles. The van der Waals surface area contributed by atoms with Crippen LogP contribution >= 0.6 is 0 Å². The van der Waals surface area contributed by atoms with Crippen LogP contribution in [0, 0.1) is 5.92 Å². The van der Waals surface area contributed by atoms with Gasteiger partial charge in [0, 0.05) is 45.0 Å². The van der Waals surface area contributed by atoms with Crippen molar-refractivity contribution < 1.29 is 9.47 Å². The monoisotopic (exact) mass is 291 g/mol. The van der Waals surface area contributed by atoms with Gasteiger partial charge in [-0.2, -0.15) is 5.10 Å². The van der Waals surface area contributed by atoms with Gasteiger partial charge < -0.3 is 9.47 Å². The fourth-order valence-corrected chi connectivity index (χ4v) is 3.52. The van der Waals surface area contributed by atoms with Crippen molar-refractivity contribution in [2.45, 2.75) is 44.9 Å². The molecule has 5 nitrogen and oxygen atoms in total. The average Bonchev–Trinajstić information content (AvgIpc) is 3.05. The minimum atomic E-state index is 0.600. The van der Waals surface area contributed by atoms with Gasteiger partial charge in [0.25, 0.3) is 0 Å². The Kier molecular flexibility index (Phi) is 3.73. The van der Waals surface area contributed by atoms with E-state index in [1.165, 1.54) is 30.5 Å². The normalized spacial score (nSPS) is 26.2. The highest BCUT2D eigenvalue weighted by Crippen LogP contribution is 2.30. The van der Waals surface area contributed by atoms with E-state index in [4.69, 9.17) is 14.6 Å². The van der Waals surface area contributed by atoms with E-state index in [0.717, 1.165) is 50.9 Å². The van der Waals surface area contributed by atoms with E-state index in [0.29, 0.717) is 12.6 Å². The number of nitrogens with zero attached hydrogens (tertiary/aromatic N) is 3. The highest BCUT2D eigenvalue weighted by atomic mass is 16.5. The molecule has 1 aromatic rings. The Morgan fingerprint density at radius 1 is 1.33 bits per heavy atom. The molecule has 1 saturated heterocycles. The van der Waals surface area contributed by atoms with Crippen LogP contribution in [0.25, 0.3) is 0 Å². The molecule has 116 valence electrons. The molecule has 0 aromatic carbocycles. The minimum Gasteiger partial charge on any atom is -0.380 e. The van der Waals surface area contributed by atoms with Gasteiger partial charge in [0.15, 0.2) is 0 Å². The number of hydrogen-bond donors (Lipinski definition) is 0. The van der Waals surface area contributed by atoms with E-state index >= 15 is 0 Å². The van der Waals surface area contributed by atoms with Crippen molar-refractivity contribution in [1.82, 2.24) is 14.7 Å². The summed E-state index contributed by atoms with van der Waals surface area (Å²) in [5.74, 6) is 0.822. The molecular weight excluding hydrogens is 266 g/mol. The molecule has 21 heavy (non-hydrogen) atoms. The second-order valence-electron chi connectivity index (χ2n) is 6.69. The summed E-state index contributed by atoms with van der Waals surface area (Å²) < 4.78 is 13.4. The maximum atomic E-state index is 5.84. The zero-order valence-corrected chi connectivity index (χ0v) is 12.9. The molecule has 4 rings (SSSR count). The van der Waals surface area contributed by atoms with Gasteiger partial charge in [0.2, 0.25) is 0 Å². The van der Waals surface area contributed by atoms with Crippen molar-refractivity contribution in [3.8, 4) is 0 Å². The molecule has 2 fully saturated rings. The molecule has 0 amide bonds. The molecule has 1 atom stereocenters. The first-order valence-electron chi connectivity index (χ1n) is 8.24. The number of fused-ring (bicyclic) bond motifs is 1. The van der Waals surface area contributed by atoms with Crippen LogP contribution in [-0.4, -0.2) is 47.1 Å². The van der Waals surface area contributed by atoms with Gasteiger partial charge in [-0.05, 0) is 31.6 Å². The Morgan fingerprint density at radius 2 is 2.24 bits per heavy atom. The fourth-order valence-electron chi connectivity index (χ4n) is 3.52. The standard InChI is InChI=1S/C16H25N3O2/c1-18-16-8-19(13-5-7-20-10-13)6-4-14(16)15(17-18)11-21-9-12-2-3-12/h12-13H,2-11H2,1H3. The summed E-state index contributed by atoms with van der Waals surface area (Å²) in [6.07, 6.45) is 4.96. The van der Waals surface area contributed by atoms with Crippen molar-refractivity contribution in [3.63, 3.8) is 0 Å². The molecule has 5 heteroatoms. The van der Waals surface area contributed by atoms with E-state index in [1.54, 1.807) is 0 Å². The summed E-state index contributed by atoms with van der Waals surface area (Å²) in [5.41, 5.74) is 3.97. The highest BCUT2D eigenvalue weighted by Gasteiger charge is 2.30. The molecule has 0 N–H and O–H groups in total. The van der Waals surface area contributed by atoms with Crippen LogP contribution < -0.4 is 0 Å². The van der Waals surface area contributed by atoms with Gasteiger partial charge in [-0.3, -0.25) is 9.58 Å². The Balaban J connectivity index is 1.43. The summed E-state index contributed by atoms with van der Waals surface area (Å²) in [6, 6.07) is 0.600. The van der Waals surface area contributed by atoms with E-state index in [-0.39, 0.29) is 0 Å². The first-order chi connectivity index (χ1) is 10.3. The Bertz CT molecular complexity index is 504. The number of ether oxygens (including phenoxy) is 2. The molecule has 1 aromatic heterocycles. The lowest BCUT2D eigenvalue weighted by Crippen LogP contribution is -2.40.